The molecule has 1 aromatic heterocycles. The highest BCUT2D eigenvalue weighted by molar-refractivity contribution is 5.91. The lowest BCUT2D eigenvalue weighted by Crippen LogP contribution is -2.47. The first-order chi connectivity index (χ1) is 14.4. The summed E-state index contributed by atoms with van der Waals surface area (Å²) in [5, 5.41) is 6.84. The maximum atomic E-state index is 13.1. The minimum absolute atomic E-state index is 0.0200. The Balaban J connectivity index is 2.16. The number of hydrogen-bond acceptors (Lipinski definition) is 5. The molecule has 2 aromatic carbocycles. The molecule has 0 fully saturated rings. The van der Waals surface area contributed by atoms with Gasteiger partial charge in [-0.15, -0.1) is 0 Å². The number of methoxy groups -OCH3 is 1. The molecule has 1 heterocycles. The number of nitrogens with one attached hydrogen (secondary N) is 1. The van der Waals surface area contributed by atoms with Crippen molar-refractivity contribution in [1.82, 2.24) is 19.7 Å². The van der Waals surface area contributed by atoms with Gasteiger partial charge in [-0.25, -0.2) is 4.79 Å². The zero-order chi connectivity index (χ0) is 21.7. The van der Waals surface area contributed by atoms with Crippen LogP contribution in [0.15, 0.2) is 64.2 Å². The number of carbonyl (C=O) groups excluding carboxylic acids is 1. The third-order valence-corrected chi connectivity index (χ3v) is 4.74. The summed E-state index contributed by atoms with van der Waals surface area (Å²) in [5.41, 5.74) is -0.557. The van der Waals surface area contributed by atoms with E-state index in [-0.39, 0.29) is 18.3 Å². The highest BCUT2D eigenvalue weighted by Crippen LogP contribution is 2.13. The van der Waals surface area contributed by atoms with Gasteiger partial charge in [0.1, 0.15) is 5.75 Å². The van der Waals surface area contributed by atoms with Gasteiger partial charge >= 0.3 is 5.69 Å². The fourth-order valence-corrected chi connectivity index (χ4v) is 2.88. The van der Waals surface area contributed by atoms with E-state index in [4.69, 9.17) is 4.74 Å². The summed E-state index contributed by atoms with van der Waals surface area (Å²) in [6.45, 7) is 3.73. The lowest BCUT2D eigenvalue weighted by atomic mass is 10.2. The Kier molecular flexibility index (Phi) is 6.46. The Labute approximate surface area is 173 Å². The highest BCUT2D eigenvalue weighted by Gasteiger charge is 2.21. The number of benzene rings is 2. The fraction of sp³-hybridized carbons (Fsp3) is 0.273. The van der Waals surface area contributed by atoms with Crippen molar-refractivity contribution < 1.29 is 9.53 Å². The second-order valence-corrected chi connectivity index (χ2v) is 6.90. The van der Waals surface area contributed by atoms with Crippen molar-refractivity contribution in [3.63, 3.8) is 0 Å². The van der Waals surface area contributed by atoms with Gasteiger partial charge in [0, 0.05) is 6.04 Å². The molecule has 0 radical (unpaired) electrons. The Bertz CT molecular complexity index is 1150. The van der Waals surface area contributed by atoms with Gasteiger partial charge < -0.3 is 10.1 Å². The van der Waals surface area contributed by atoms with Gasteiger partial charge in [-0.05, 0) is 43.2 Å². The Hall–Kier alpha value is -3.68. The molecule has 1 N–H and O–H groups in total. The van der Waals surface area contributed by atoms with Crippen LogP contribution in [0.2, 0.25) is 0 Å². The van der Waals surface area contributed by atoms with Crippen molar-refractivity contribution in [3.8, 4) is 11.4 Å². The molecular weight excluding hydrogens is 384 g/mol. The summed E-state index contributed by atoms with van der Waals surface area (Å²) >= 11 is 0. The first kappa shape index (κ1) is 21.0. The van der Waals surface area contributed by atoms with Crippen LogP contribution in [0.25, 0.3) is 5.69 Å². The van der Waals surface area contributed by atoms with Gasteiger partial charge in [-0.1, -0.05) is 37.3 Å². The smallest absolute Gasteiger partial charge is 0.352 e. The zero-order valence-corrected chi connectivity index (χ0v) is 17.2. The molecule has 8 heteroatoms. The Morgan fingerprint density at radius 2 is 1.87 bits per heavy atom. The van der Waals surface area contributed by atoms with Crippen molar-refractivity contribution >= 4 is 5.91 Å². The largest absolute Gasteiger partial charge is 0.497 e. The van der Waals surface area contributed by atoms with E-state index in [9.17, 15) is 14.4 Å². The number of nitrogens with zero attached hydrogens (tertiary/aromatic N) is 3. The van der Waals surface area contributed by atoms with E-state index >= 15 is 0 Å². The summed E-state index contributed by atoms with van der Waals surface area (Å²) in [7, 11) is 1.54. The molecule has 3 aromatic rings. The molecule has 0 aliphatic carbocycles. The standard InChI is InChI=1S/C22H24N4O4/c1-4-15(2)23-20(27)19-21(28)25(14-16-9-8-12-18(13-16)30-3)22(29)26(24-19)17-10-6-5-7-11-17/h5-13,15H,4,14H2,1-3H3,(H,23,27)/t15-/m0/s1. The highest BCUT2D eigenvalue weighted by atomic mass is 16.5. The first-order valence-electron chi connectivity index (χ1n) is 9.68. The van der Waals surface area contributed by atoms with Gasteiger partial charge in [0.05, 0.1) is 19.3 Å². The molecule has 30 heavy (non-hydrogen) atoms. The maximum Gasteiger partial charge on any atom is 0.352 e. The molecule has 0 bridgehead atoms. The summed E-state index contributed by atoms with van der Waals surface area (Å²) < 4.78 is 7.31. The van der Waals surface area contributed by atoms with Crippen molar-refractivity contribution in [1.29, 1.82) is 0 Å². The van der Waals surface area contributed by atoms with Crippen LogP contribution in [0, 0.1) is 0 Å². The van der Waals surface area contributed by atoms with Crippen LogP contribution < -0.4 is 21.3 Å². The number of aromatic nitrogens is 3. The minimum Gasteiger partial charge on any atom is -0.497 e. The number of carbonyl (C=O) groups is 1. The average Bonchev–Trinajstić information content (AvgIpc) is 2.77. The summed E-state index contributed by atoms with van der Waals surface area (Å²) in [6.07, 6.45) is 0.696. The second kappa shape index (κ2) is 9.21. The number of amides is 1. The average molecular weight is 408 g/mol. The van der Waals surface area contributed by atoms with E-state index in [1.165, 1.54) is 7.11 Å². The van der Waals surface area contributed by atoms with Gasteiger partial charge in [0.2, 0.25) is 5.69 Å². The van der Waals surface area contributed by atoms with Crippen molar-refractivity contribution in [2.75, 3.05) is 7.11 Å². The van der Waals surface area contributed by atoms with E-state index in [2.05, 4.69) is 10.4 Å². The molecule has 156 valence electrons. The third kappa shape index (κ3) is 4.48. The van der Waals surface area contributed by atoms with Crippen LogP contribution >= 0.6 is 0 Å². The Morgan fingerprint density at radius 3 is 2.53 bits per heavy atom. The lowest BCUT2D eigenvalue weighted by molar-refractivity contribution is 0.0929. The van der Waals surface area contributed by atoms with Crippen LogP contribution in [0.3, 0.4) is 0 Å². The quantitative estimate of drug-likeness (QED) is 0.645. The summed E-state index contributed by atoms with van der Waals surface area (Å²) in [4.78, 5) is 38.9. The van der Waals surface area contributed by atoms with Crippen molar-refractivity contribution in [3.05, 3.63) is 86.7 Å². The Morgan fingerprint density at radius 1 is 1.13 bits per heavy atom. The third-order valence-electron chi connectivity index (χ3n) is 4.74. The van der Waals surface area contributed by atoms with Gasteiger partial charge in [-0.3, -0.25) is 14.2 Å². The maximum absolute atomic E-state index is 13.1. The molecule has 1 atom stereocenters. The first-order valence-corrected chi connectivity index (χ1v) is 9.68. The van der Waals surface area contributed by atoms with E-state index in [1.54, 1.807) is 54.6 Å². The van der Waals surface area contributed by atoms with E-state index in [0.29, 0.717) is 23.4 Å². The summed E-state index contributed by atoms with van der Waals surface area (Å²) in [5.74, 6) is -0.00819. The zero-order valence-electron chi connectivity index (χ0n) is 17.2. The molecular formula is C22H24N4O4. The normalized spacial score (nSPS) is 11.7. The number of para-hydroxylation sites is 1. The molecule has 0 spiro atoms. The second-order valence-electron chi connectivity index (χ2n) is 6.90. The monoisotopic (exact) mass is 408 g/mol. The van der Waals surface area contributed by atoms with Crippen LogP contribution in [-0.4, -0.2) is 33.4 Å². The van der Waals surface area contributed by atoms with Gasteiger partial charge in [-0.2, -0.15) is 9.78 Å². The molecule has 3 rings (SSSR count). The molecule has 0 saturated carbocycles. The van der Waals surface area contributed by atoms with Crippen LogP contribution in [0.4, 0.5) is 0 Å². The predicted molar refractivity (Wildman–Crippen MR) is 113 cm³/mol. The van der Waals surface area contributed by atoms with Crippen LogP contribution in [0.5, 0.6) is 5.75 Å². The molecule has 0 aliphatic heterocycles. The van der Waals surface area contributed by atoms with Gasteiger partial charge in [0.15, 0.2) is 0 Å². The molecule has 8 nitrogen and oxygen atoms in total. The van der Waals surface area contributed by atoms with Crippen LogP contribution in [-0.2, 0) is 6.54 Å². The molecule has 1 amide bonds. The predicted octanol–water partition coefficient (Wildman–Crippen LogP) is 1.98. The summed E-state index contributed by atoms with van der Waals surface area (Å²) in [6, 6.07) is 15.6. The van der Waals surface area contributed by atoms with Crippen LogP contribution in [0.1, 0.15) is 36.3 Å². The number of hydrogen-bond donors (Lipinski definition) is 1. The molecule has 0 saturated heterocycles. The fourth-order valence-electron chi connectivity index (χ4n) is 2.88. The van der Waals surface area contributed by atoms with E-state index < -0.39 is 17.2 Å². The topological polar surface area (TPSA) is 95.2 Å². The van der Waals surface area contributed by atoms with Gasteiger partial charge in [0.25, 0.3) is 11.5 Å². The number of rotatable bonds is 7. The van der Waals surface area contributed by atoms with E-state index in [0.717, 1.165) is 9.25 Å². The number of ether oxygens (including phenoxy) is 1. The van der Waals surface area contributed by atoms with E-state index in [1.807, 2.05) is 13.8 Å². The van der Waals surface area contributed by atoms with Crippen molar-refractivity contribution in [2.45, 2.75) is 32.9 Å². The lowest BCUT2D eigenvalue weighted by Gasteiger charge is -2.14. The molecule has 0 unspecified atom stereocenters. The molecule has 0 aliphatic rings. The van der Waals surface area contributed by atoms with Crippen molar-refractivity contribution in [2.24, 2.45) is 0 Å². The minimum atomic E-state index is -0.740. The SMILES string of the molecule is CC[C@H](C)NC(=O)c1nn(-c2ccccc2)c(=O)n(Cc2cccc(OC)c2)c1=O.